The second-order valence-electron chi connectivity index (χ2n) is 10.8. The van der Waals surface area contributed by atoms with E-state index in [1.807, 2.05) is 13.8 Å². The maximum absolute atomic E-state index is 11.5. The van der Waals surface area contributed by atoms with Gasteiger partial charge in [0, 0.05) is 19.3 Å². The first kappa shape index (κ1) is 40.5. The van der Waals surface area contributed by atoms with Gasteiger partial charge in [0.15, 0.2) is 0 Å². The zero-order chi connectivity index (χ0) is 29.9. The minimum atomic E-state index is -0.0974. The molecule has 238 valence electrons. The number of hydrogen-bond acceptors (Lipinski definition) is 6. The fourth-order valence-corrected chi connectivity index (χ4v) is 4.43. The predicted octanol–water partition coefficient (Wildman–Crippen LogP) is 10.0. The topological polar surface area (TPSA) is 78.9 Å². The van der Waals surface area contributed by atoms with Crippen LogP contribution in [0.2, 0.25) is 0 Å². The molecule has 0 saturated heterocycles. The van der Waals surface area contributed by atoms with Crippen molar-refractivity contribution in [1.29, 1.82) is 0 Å². The molecule has 0 radical (unpaired) electrons. The third kappa shape index (κ3) is 36.4. The lowest BCUT2D eigenvalue weighted by Gasteiger charge is -2.05. The Balaban J connectivity index is 0. The second kappa shape index (κ2) is 35.4. The van der Waals surface area contributed by atoms with Crippen LogP contribution in [0.4, 0.5) is 0 Å². The minimum Gasteiger partial charge on any atom is -0.466 e. The van der Waals surface area contributed by atoms with Crippen LogP contribution in [0, 0.1) is 0 Å². The van der Waals surface area contributed by atoms with E-state index >= 15 is 0 Å². The summed E-state index contributed by atoms with van der Waals surface area (Å²) < 4.78 is 14.9. The van der Waals surface area contributed by atoms with Gasteiger partial charge in [0.05, 0.1) is 19.8 Å². The largest absolute Gasteiger partial charge is 0.466 e. The molecule has 0 aliphatic heterocycles. The normalized spacial score (nSPS) is 10.5. The van der Waals surface area contributed by atoms with Gasteiger partial charge in [-0.2, -0.15) is 0 Å². The molecule has 0 aromatic rings. The number of rotatable bonds is 28. The van der Waals surface area contributed by atoms with Crippen molar-refractivity contribution in [2.45, 2.75) is 182 Å². The van der Waals surface area contributed by atoms with Gasteiger partial charge in [-0.1, -0.05) is 123 Å². The van der Waals surface area contributed by atoms with E-state index in [0.29, 0.717) is 39.1 Å². The fourth-order valence-electron chi connectivity index (χ4n) is 4.43. The standard InChI is InChI=1S/C20H40O2.C14H26O4/c1-3-5-7-9-10-11-12-13-14-15-16-18-20(21)22-19-17-8-6-4-2;1-3-17-13(15)11-9-7-5-6-8-10-12-14(16)18-4-2/h3-19H2,1-2H3;3-12H2,1-2H3. The van der Waals surface area contributed by atoms with Crippen molar-refractivity contribution in [3.63, 3.8) is 0 Å². The van der Waals surface area contributed by atoms with E-state index in [2.05, 4.69) is 13.8 Å². The maximum atomic E-state index is 11.5. The molecule has 0 bridgehead atoms. The van der Waals surface area contributed by atoms with Gasteiger partial charge in [-0.05, 0) is 39.5 Å². The van der Waals surface area contributed by atoms with Crippen LogP contribution < -0.4 is 0 Å². The van der Waals surface area contributed by atoms with Gasteiger partial charge in [-0.3, -0.25) is 14.4 Å². The van der Waals surface area contributed by atoms with Crippen molar-refractivity contribution >= 4 is 17.9 Å². The van der Waals surface area contributed by atoms with Crippen LogP contribution in [0.3, 0.4) is 0 Å². The number of ether oxygens (including phenoxy) is 3. The van der Waals surface area contributed by atoms with Crippen molar-refractivity contribution in [2.24, 2.45) is 0 Å². The smallest absolute Gasteiger partial charge is 0.305 e. The van der Waals surface area contributed by atoms with E-state index in [1.54, 1.807) is 0 Å². The highest BCUT2D eigenvalue weighted by atomic mass is 16.5. The lowest BCUT2D eigenvalue weighted by atomic mass is 10.1. The second-order valence-corrected chi connectivity index (χ2v) is 10.8. The maximum Gasteiger partial charge on any atom is 0.305 e. The predicted molar refractivity (Wildman–Crippen MR) is 166 cm³/mol. The van der Waals surface area contributed by atoms with Crippen LogP contribution in [-0.2, 0) is 28.6 Å². The summed E-state index contributed by atoms with van der Waals surface area (Å²) >= 11 is 0. The summed E-state index contributed by atoms with van der Waals surface area (Å²) in [6.07, 6.45) is 27.0. The van der Waals surface area contributed by atoms with Gasteiger partial charge < -0.3 is 14.2 Å². The van der Waals surface area contributed by atoms with Crippen molar-refractivity contribution in [3.8, 4) is 0 Å². The third-order valence-electron chi connectivity index (χ3n) is 6.87. The molecule has 0 saturated carbocycles. The van der Waals surface area contributed by atoms with E-state index in [-0.39, 0.29) is 17.9 Å². The van der Waals surface area contributed by atoms with E-state index < -0.39 is 0 Å². The highest BCUT2D eigenvalue weighted by Crippen LogP contribution is 2.12. The van der Waals surface area contributed by atoms with Gasteiger partial charge in [-0.15, -0.1) is 0 Å². The van der Waals surface area contributed by atoms with Gasteiger partial charge >= 0.3 is 17.9 Å². The van der Waals surface area contributed by atoms with Crippen molar-refractivity contribution in [1.82, 2.24) is 0 Å². The average Bonchev–Trinajstić information content (AvgIpc) is 2.93. The Hall–Kier alpha value is -1.59. The molecule has 0 aliphatic carbocycles. The summed E-state index contributed by atoms with van der Waals surface area (Å²) in [6.45, 7) is 9.65. The van der Waals surface area contributed by atoms with E-state index in [4.69, 9.17) is 14.2 Å². The summed E-state index contributed by atoms with van der Waals surface area (Å²) in [5, 5.41) is 0. The molecular weight excluding hydrogens is 504 g/mol. The first-order valence-corrected chi connectivity index (χ1v) is 17.0. The fraction of sp³-hybridized carbons (Fsp3) is 0.912. The first-order valence-electron chi connectivity index (χ1n) is 17.0. The zero-order valence-electron chi connectivity index (χ0n) is 27.0. The Morgan fingerprint density at radius 2 is 0.625 bits per heavy atom. The lowest BCUT2D eigenvalue weighted by Crippen LogP contribution is -2.05. The number of carbonyl (C=O) groups is 3. The first-order chi connectivity index (χ1) is 19.5. The summed E-state index contributed by atoms with van der Waals surface area (Å²) in [5.41, 5.74) is 0. The molecule has 6 nitrogen and oxygen atoms in total. The summed E-state index contributed by atoms with van der Waals surface area (Å²) in [5.74, 6) is -0.188. The minimum absolute atomic E-state index is 0.00687. The molecule has 40 heavy (non-hydrogen) atoms. The van der Waals surface area contributed by atoms with Crippen LogP contribution in [0.15, 0.2) is 0 Å². The molecule has 0 N–H and O–H groups in total. The molecule has 0 unspecified atom stereocenters. The van der Waals surface area contributed by atoms with Gasteiger partial charge in [-0.25, -0.2) is 0 Å². The average molecular weight is 571 g/mol. The van der Waals surface area contributed by atoms with Crippen LogP contribution in [0.1, 0.15) is 182 Å². The monoisotopic (exact) mass is 570 g/mol. The Morgan fingerprint density at radius 3 is 0.950 bits per heavy atom. The van der Waals surface area contributed by atoms with Crippen LogP contribution in [-0.4, -0.2) is 37.7 Å². The molecule has 0 spiro atoms. The number of unbranched alkanes of at least 4 members (excludes halogenated alkanes) is 18. The summed E-state index contributed by atoms with van der Waals surface area (Å²) in [4.78, 5) is 33.6. The van der Waals surface area contributed by atoms with E-state index in [9.17, 15) is 14.4 Å². The molecule has 0 aliphatic rings. The van der Waals surface area contributed by atoms with Crippen LogP contribution >= 0.6 is 0 Å². The Labute approximate surface area is 248 Å². The van der Waals surface area contributed by atoms with Crippen LogP contribution in [0.25, 0.3) is 0 Å². The molecule has 0 rings (SSSR count). The van der Waals surface area contributed by atoms with Gasteiger partial charge in [0.25, 0.3) is 0 Å². The Morgan fingerprint density at radius 1 is 0.350 bits per heavy atom. The molecule has 0 heterocycles. The Kier molecular flexibility index (Phi) is 35.9. The van der Waals surface area contributed by atoms with Gasteiger partial charge in [0.2, 0.25) is 0 Å². The molecule has 0 amide bonds. The molecule has 0 aromatic carbocycles. The zero-order valence-corrected chi connectivity index (χ0v) is 27.0. The quantitative estimate of drug-likeness (QED) is 0.0529. The van der Waals surface area contributed by atoms with Crippen molar-refractivity contribution in [3.05, 3.63) is 0 Å². The molecular formula is C34H66O6. The van der Waals surface area contributed by atoms with E-state index in [0.717, 1.165) is 51.4 Å². The number of carbonyl (C=O) groups excluding carboxylic acids is 3. The Bertz CT molecular complexity index is 525. The van der Waals surface area contributed by atoms with Crippen molar-refractivity contribution < 1.29 is 28.6 Å². The molecule has 0 atom stereocenters. The van der Waals surface area contributed by atoms with Crippen LogP contribution in [0.5, 0.6) is 0 Å². The third-order valence-corrected chi connectivity index (χ3v) is 6.87. The highest BCUT2D eigenvalue weighted by Gasteiger charge is 2.03. The summed E-state index contributed by atoms with van der Waals surface area (Å²) in [7, 11) is 0. The molecule has 0 fully saturated rings. The summed E-state index contributed by atoms with van der Waals surface area (Å²) in [6, 6.07) is 0. The molecule has 0 aromatic heterocycles. The van der Waals surface area contributed by atoms with Gasteiger partial charge in [0.1, 0.15) is 0 Å². The SMILES string of the molecule is CCCCCCCCCCCCCC(=O)OCCCCCC.CCOC(=O)CCCCCCCCC(=O)OCC. The number of esters is 3. The lowest BCUT2D eigenvalue weighted by molar-refractivity contribution is -0.144. The number of hydrogen-bond donors (Lipinski definition) is 0. The van der Waals surface area contributed by atoms with E-state index in [1.165, 1.54) is 83.5 Å². The van der Waals surface area contributed by atoms with Crippen molar-refractivity contribution in [2.75, 3.05) is 19.8 Å². The highest BCUT2D eigenvalue weighted by molar-refractivity contribution is 5.69. The molecule has 6 heteroatoms.